The predicted octanol–water partition coefficient (Wildman–Crippen LogP) is 5.06. The SMILES string of the molecule is CC1(C)C2CCC1(CS(=O)(=O)O)CC2=Cc1ccc(C=C2C(=O)C3(CS(=O)(=O)O)CCC2C3(C)C)cc1. The van der Waals surface area contributed by atoms with Crippen LogP contribution in [0.3, 0.4) is 0 Å². The topological polar surface area (TPSA) is 126 Å². The van der Waals surface area contributed by atoms with Crippen molar-refractivity contribution in [2.45, 2.75) is 59.8 Å². The normalized spacial score (nSPS) is 36.2. The first-order chi connectivity index (χ1) is 16.9. The predicted molar refractivity (Wildman–Crippen MR) is 143 cm³/mol. The zero-order valence-corrected chi connectivity index (χ0v) is 23.5. The molecule has 4 atom stereocenters. The maximum Gasteiger partial charge on any atom is 0.265 e. The van der Waals surface area contributed by atoms with Gasteiger partial charge in [0, 0.05) is 5.57 Å². The number of hydrogen-bond donors (Lipinski definition) is 2. The van der Waals surface area contributed by atoms with Gasteiger partial charge >= 0.3 is 0 Å². The van der Waals surface area contributed by atoms with E-state index < -0.39 is 42.2 Å². The monoisotopic (exact) mass is 548 g/mol. The standard InChI is InChI=1S/C28H36O7S2/c1-25(2)22-9-11-27(25,16-36(30,31)32)15-20(22)13-18-5-7-19(8-6-18)14-21-23-10-12-28(24(21)29,26(23,3)4)17-37(33,34)35/h5-8,13-14,22-23H,9-12,15-17H2,1-4H3,(H,30,31,32)(H,33,34,35). The molecule has 0 aliphatic heterocycles. The third kappa shape index (κ3) is 4.08. The van der Waals surface area contributed by atoms with Crippen molar-refractivity contribution in [1.82, 2.24) is 0 Å². The van der Waals surface area contributed by atoms with Crippen LogP contribution >= 0.6 is 0 Å². The zero-order chi connectivity index (χ0) is 27.2. The van der Waals surface area contributed by atoms with E-state index in [0.29, 0.717) is 24.8 Å². The van der Waals surface area contributed by atoms with Gasteiger partial charge in [-0.15, -0.1) is 0 Å². The molecular formula is C28H36O7S2. The van der Waals surface area contributed by atoms with E-state index in [1.165, 1.54) is 5.57 Å². The summed E-state index contributed by atoms with van der Waals surface area (Å²) in [6.45, 7) is 8.06. The first kappa shape index (κ1) is 26.8. The number of allylic oxidation sites excluding steroid dienone is 2. The molecule has 5 rings (SSSR count). The zero-order valence-electron chi connectivity index (χ0n) is 21.8. The van der Waals surface area contributed by atoms with Gasteiger partial charge in [0.25, 0.3) is 20.2 Å². The van der Waals surface area contributed by atoms with Crippen LogP contribution in [0.5, 0.6) is 0 Å². The van der Waals surface area contributed by atoms with Crippen molar-refractivity contribution in [1.29, 1.82) is 0 Å². The van der Waals surface area contributed by atoms with Crippen molar-refractivity contribution in [2.24, 2.45) is 33.5 Å². The summed E-state index contributed by atoms with van der Waals surface area (Å²) in [5, 5.41) is 0. The third-order valence-corrected chi connectivity index (χ3v) is 12.4. The summed E-state index contributed by atoms with van der Waals surface area (Å²) in [5.74, 6) is -0.713. The van der Waals surface area contributed by atoms with Gasteiger partial charge in [0.1, 0.15) is 0 Å². The van der Waals surface area contributed by atoms with Crippen molar-refractivity contribution in [3.8, 4) is 0 Å². The molecule has 0 amide bonds. The van der Waals surface area contributed by atoms with Gasteiger partial charge < -0.3 is 0 Å². The molecule has 4 bridgehead atoms. The van der Waals surface area contributed by atoms with E-state index in [9.17, 15) is 30.7 Å². The van der Waals surface area contributed by atoms with Crippen LogP contribution in [0.2, 0.25) is 0 Å². The van der Waals surface area contributed by atoms with E-state index in [1.54, 1.807) is 0 Å². The molecule has 0 aromatic heterocycles. The van der Waals surface area contributed by atoms with Gasteiger partial charge in [0.05, 0.1) is 16.9 Å². The van der Waals surface area contributed by atoms with Crippen LogP contribution in [0.4, 0.5) is 0 Å². The van der Waals surface area contributed by atoms with Crippen molar-refractivity contribution < 1.29 is 30.7 Å². The average molecular weight is 549 g/mol. The fourth-order valence-corrected chi connectivity index (χ4v) is 11.0. The number of carbonyl (C=O) groups is 1. The summed E-state index contributed by atoms with van der Waals surface area (Å²) in [4.78, 5) is 13.4. The molecular weight excluding hydrogens is 512 g/mol. The molecule has 4 aliphatic rings. The van der Waals surface area contributed by atoms with Crippen molar-refractivity contribution in [3.05, 3.63) is 46.5 Å². The summed E-state index contributed by atoms with van der Waals surface area (Å²) in [6.07, 6.45) is 7.51. The molecule has 9 heteroatoms. The lowest BCUT2D eigenvalue weighted by Gasteiger charge is -2.36. The number of fused-ring (bicyclic) bond motifs is 4. The highest BCUT2D eigenvalue weighted by molar-refractivity contribution is 7.86. The quantitative estimate of drug-likeness (QED) is 0.376. The summed E-state index contributed by atoms with van der Waals surface area (Å²) >= 11 is 0. The number of rotatable bonds is 6. The molecule has 7 nitrogen and oxygen atoms in total. The van der Waals surface area contributed by atoms with Gasteiger partial charge in [-0.1, -0.05) is 63.6 Å². The van der Waals surface area contributed by atoms with Crippen LogP contribution < -0.4 is 0 Å². The Morgan fingerprint density at radius 2 is 1.35 bits per heavy atom. The fraction of sp³-hybridized carbons (Fsp3) is 0.607. The summed E-state index contributed by atoms with van der Waals surface area (Å²) in [7, 11) is -8.37. The molecule has 2 N–H and O–H groups in total. The number of carbonyl (C=O) groups excluding carboxylic acids is 1. The van der Waals surface area contributed by atoms with Gasteiger partial charge in [-0.25, -0.2) is 0 Å². The third-order valence-electron chi connectivity index (χ3n) is 10.7. The average Bonchev–Trinajstić information content (AvgIpc) is 3.26. The minimum atomic E-state index is -4.30. The number of hydrogen-bond acceptors (Lipinski definition) is 5. The molecule has 4 fully saturated rings. The van der Waals surface area contributed by atoms with E-state index in [-0.39, 0.29) is 28.8 Å². The van der Waals surface area contributed by atoms with Crippen LogP contribution in [-0.4, -0.2) is 43.2 Å². The largest absolute Gasteiger partial charge is 0.294 e. The molecule has 4 saturated carbocycles. The molecule has 4 unspecified atom stereocenters. The Kier molecular flexibility index (Phi) is 5.86. The van der Waals surface area contributed by atoms with E-state index >= 15 is 0 Å². The molecule has 0 radical (unpaired) electrons. The second-order valence-corrected chi connectivity index (χ2v) is 15.8. The molecule has 0 saturated heterocycles. The van der Waals surface area contributed by atoms with E-state index in [2.05, 4.69) is 19.9 Å². The van der Waals surface area contributed by atoms with E-state index in [4.69, 9.17) is 0 Å². The molecule has 0 heterocycles. The maximum atomic E-state index is 13.4. The number of Topliss-reactive ketones (excluding diaryl/α,β-unsaturated/α-hetero) is 1. The second-order valence-electron chi connectivity index (χ2n) is 12.9. The first-order valence-electron chi connectivity index (χ1n) is 12.9. The van der Waals surface area contributed by atoms with E-state index in [0.717, 1.165) is 24.0 Å². The highest BCUT2D eigenvalue weighted by Gasteiger charge is 2.67. The first-order valence-corrected chi connectivity index (χ1v) is 16.1. The van der Waals surface area contributed by atoms with E-state index in [1.807, 2.05) is 44.2 Å². The Balaban J connectivity index is 1.41. The summed E-state index contributed by atoms with van der Waals surface area (Å²) in [5.41, 5.74) is 1.38. The molecule has 37 heavy (non-hydrogen) atoms. The lowest BCUT2D eigenvalue weighted by molar-refractivity contribution is -0.125. The lowest BCUT2D eigenvalue weighted by atomic mass is 9.70. The van der Waals surface area contributed by atoms with Gasteiger partial charge in [-0.3, -0.25) is 13.9 Å². The smallest absolute Gasteiger partial charge is 0.265 e. The second kappa shape index (κ2) is 8.10. The Bertz CT molecular complexity index is 1430. The van der Waals surface area contributed by atoms with Gasteiger partial charge in [-0.2, -0.15) is 16.8 Å². The minimum absolute atomic E-state index is 0.0567. The van der Waals surface area contributed by atoms with Crippen LogP contribution in [0, 0.1) is 33.5 Å². The highest BCUT2D eigenvalue weighted by Crippen LogP contribution is 2.68. The Morgan fingerprint density at radius 3 is 1.92 bits per heavy atom. The summed E-state index contributed by atoms with van der Waals surface area (Å²) < 4.78 is 66.2. The Hall–Kier alpha value is -1.81. The van der Waals surface area contributed by atoms with Crippen LogP contribution in [-0.2, 0) is 25.0 Å². The number of ketones is 1. The Labute approximate surface area is 219 Å². The van der Waals surface area contributed by atoms with Crippen molar-refractivity contribution in [2.75, 3.05) is 11.5 Å². The summed E-state index contributed by atoms with van der Waals surface area (Å²) in [6, 6.07) is 7.83. The fourth-order valence-electron chi connectivity index (χ4n) is 8.44. The minimum Gasteiger partial charge on any atom is -0.294 e. The van der Waals surface area contributed by atoms with Crippen LogP contribution in [0.25, 0.3) is 12.2 Å². The van der Waals surface area contributed by atoms with Gasteiger partial charge in [0.15, 0.2) is 5.78 Å². The molecule has 1 aromatic carbocycles. The van der Waals surface area contributed by atoms with Crippen molar-refractivity contribution >= 4 is 38.2 Å². The lowest BCUT2D eigenvalue weighted by Crippen LogP contribution is -2.42. The maximum absolute atomic E-state index is 13.4. The van der Waals surface area contributed by atoms with Crippen LogP contribution in [0.1, 0.15) is 70.9 Å². The molecule has 0 spiro atoms. The van der Waals surface area contributed by atoms with Crippen LogP contribution in [0.15, 0.2) is 35.4 Å². The number of benzene rings is 1. The van der Waals surface area contributed by atoms with Gasteiger partial charge in [0.2, 0.25) is 0 Å². The molecule has 1 aromatic rings. The van der Waals surface area contributed by atoms with Gasteiger partial charge in [-0.05, 0) is 77.4 Å². The highest BCUT2D eigenvalue weighted by atomic mass is 32.2. The van der Waals surface area contributed by atoms with Crippen molar-refractivity contribution in [3.63, 3.8) is 0 Å². The molecule has 4 aliphatic carbocycles. The molecule has 202 valence electrons. The Morgan fingerprint density at radius 1 is 0.811 bits per heavy atom.